The van der Waals surface area contributed by atoms with Gasteiger partial charge < -0.3 is 17.0 Å². The average Bonchev–Trinajstić information content (AvgIpc) is 0.811. The highest BCUT2D eigenvalue weighted by atomic mass is 79.9. The van der Waals surface area contributed by atoms with E-state index in [2.05, 4.69) is 19.6 Å². The molecule has 5 heavy (non-hydrogen) atoms. The van der Waals surface area contributed by atoms with Crippen molar-refractivity contribution in [3.8, 4) is 0 Å². The Bertz CT molecular complexity index is 11.6. The van der Waals surface area contributed by atoms with Crippen molar-refractivity contribution >= 4 is 8.80 Å². The molecule has 0 heterocycles. The van der Waals surface area contributed by atoms with E-state index in [-0.39, 0.29) is 25.8 Å². The smallest absolute Gasteiger partial charge is 0.0379 e. The van der Waals surface area contributed by atoms with Gasteiger partial charge in [-0.3, -0.25) is 0 Å². The fraction of sp³-hybridized carbons (Fsp3) is 1.00. The highest BCUT2D eigenvalue weighted by Crippen LogP contribution is 1.68. The summed E-state index contributed by atoms with van der Waals surface area (Å²) in [7, 11) is 0.120. The maximum atomic E-state index is 2.27. The van der Waals surface area contributed by atoms with E-state index < -0.39 is 0 Å². The van der Waals surface area contributed by atoms with Gasteiger partial charge in [0.2, 0.25) is 0 Å². The topological polar surface area (TPSA) is 0 Å². The lowest BCUT2D eigenvalue weighted by atomic mass is 11.8. The van der Waals surface area contributed by atoms with E-state index in [1.807, 2.05) is 0 Å². The van der Waals surface area contributed by atoms with Crippen LogP contribution in [-0.2, 0) is 0 Å². The molecule has 0 spiro atoms. The number of hydrogen-bond donors (Lipinski definition) is 0. The van der Waals surface area contributed by atoms with Gasteiger partial charge in [0.1, 0.15) is 0 Å². The normalized spacial score (nSPS) is 7.20. The quantitative estimate of drug-likeness (QED) is 0.367. The largest absolute Gasteiger partial charge is 1.00 e. The second-order valence-electron chi connectivity index (χ2n) is 1.50. The second kappa shape index (κ2) is 4.70. The molecule has 0 amide bonds. The van der Waals surface area contributed by atoms with Crippen molar-refractivity contribution in [3.05, 3.63) is 0 Å². The second-order valence-corrected chi connectivity index (χ2v) is 4.50. The summed E-state index contributed by atoms with van der Waals surface area (Å²) in [6.07, 6.45) is 0. The number of rotatable bonds is 0. The van der Waals surface area contributed by atoms with E-state index in [4.69, 9.17) is 0 Å². The number of hydrogen-bond acceptors (Lipinski definition) is 0. The van der Waals surface area contributed by atoms with Crippen LogP contribution >= 0.6 is 0 Å². The SMILES string of the molecule is C[Si](C)C.[Br-]. The highest BCUT2D eigenvalue weighted by Gasteiger charge is 1.72. The zero-order valence-corrected chi connectivity index (χ0v) is 6.46. The molecule has 0 bridgehead atoms. The molecule has 0 aliphatic carbocycles. The molecule has 0 aromatic carbocycles. The van der Waals surface area contributed by atoms with Crippen LogP contribution in [0.1, 0.15) is 0 Å². The minimum Gasteiger partial charge on any atom is -1.00 e. The molecule has 33 valence electrons. The van der Waals surface area contributed by atoms with E-state index >= 15 is 0 Å². The van der Waals surface area contributed by atoms with Crippen LogP contribution in [0.3, 0.4) is 0 Å². The highest BCUT2D eigenvalue weighted by molar-refractivity contribution is 6.54. The lowest BCUT2D eigenvalue weighted by molar-refractivity contribution is -0.00000112. The third-order valence-electron chi connectivity index (χ3n) is 0. The molecule has 0 atom stereocenters. The van der Waals surface area contributed by atoms with E-state index in [9.17, 15) is 0 Å². The fourth-order valence-corrected chi connectivity index (χ4v) is 0. The van der Waals surface area contributed by atoms with Crippen molar-refractivity contribution in [2.24, 2.45) is 0 Å². The van der Waals surface area contributed by atoms with Gasteiger partial charge in [0.15, 0.2) is 0 Å². The summed E-state index contributed by atoms with van der Waals surface area (Å²) in [4.78, 5) is 0. The van der Waals surface area contributed by atoms with Crippen LogP contribution in [0, 0.1) is 0 Å². The van der Waals surface area contributed by atoms with Gasteiger partial charge in [0.05, 0.1) is 0 Å². The van der Waals surface area contributed by atoms with Crippen molar-refractivity contribution in [3.63, 3.8) is 0 Å². The van der Waals surface area contributed by atoms with Crippen LogP contribution in [0.5, 0.6) is 0 Å². The van der Waals surface area contributed by atoms with Crippen LogP contribution < -0.4 is 17.0 Å². The number of halogens is 1. The van der Waals surface area contributed by atoms with Gasteiger partial charge in [0, 0.05) is 8.80 Å². The van der Waals surface area contributed by atoms with E-state index in [0.717, 1.165) is 0 Å². The van der Waals surface area contributed by atoms with E-state index in [1.165, 1.54) is 0 Å². The minimum absolute atomic E-state index is 0. The molecule has 0 fully saturated rings. The van der Waals surface area contributed by atoms with Gasteiger partial charge in [-0.25, -0.2) is 0 Å². The Kier molecular flexibility index (Phi) is 8.64. The van der Waals surface area contributed by atoms with Crippen LogP contribution in [0.2, 0.25) is 19.6 Å². The molecule has 0 aliphatic heterocycles. The lowest BCUT2D eigenvalue weighted by Crippen LogP contribution is -3.00. The minimum atomic E-state index is 0. The van der Waals surface area contributed by atoms with Gasteiger partial charge in [-0.05, 0) is 0 Å². The monoisotopic (exact) mass is 152 g/mol. The maximum Gasteiger partial charge on any atom is 0.0379 e. The third kappa shape index (κ3) is 70.3. The summed E-state index contributed by atoms with van der Waals surface area (Å²) in [5.74, 6) is 0. The molecule has 0 nitrogen and oxygen atoms in total. The Morgan fingerprint density at radius 2 is 1.00 bits per heavy atom. The first-order chi connectivity index (χ1) is 1.73. The molecule has 1 radical (unpaired) electrons. The summed E-state index contributed by atoms with van der Waals surface area (Å²) >= 11 is 0. The molecule has 0 N–H and O–H groups in total. The first-order valence-electron chi connectivity index (χ1n) is 1.50. The van der Waals surface area contributed by atoms with E-state index in [1.54, 1.807) is 0 Å². The zero-order valence-electron chi connectivity index (χ0n) is 3.88. The summed E-state index contributed by atoms with van der Waals surface area (Å²) in [5.41, 5.74) is 0. The van der Waals surface area contributed by atoms with Crippen LogP contribution in [0.25, 0.3) is 0 Å². The first-order valence-corrected chi connectivity index (χ1v) is 4.50. The fourth-order valence-electron chi connectivity index (χ4n) is 0. The summed E-state index contributed by atoms with van der Waals surface area (Å²) in [6, 6.07) is 0. The lowest BCUT2D eigenvalue weighted by Gasteiger charge is -1.75. The summed E-state index contributed by atoms with van der Waals surface area (Å²) in [5, 5.41) is 0. The van der Waals surface area contributed by atoms with Crippen LogP contribution in [0.15, 0.2) is 0 Å². The molecular weight excluding hydrogens is 144 g/mol. The molecule has 0 saturated heterocycles. The van der Waals surface area contributed by atoms with Gasteiger partial charge in [-0.2, -0.15) is 0 Å². The van der Waals surface area contributed by atoms with E-state index in [0.29, 0.717) is 0 Å². The Morgan fingerprint density at radius 1 is 1.00 bits per heavy atom. The third-order valence-corrected chi connectivity index (χ3v) is 0. The van der Waals surface area contributed by atoms with Gasteiger partial charge in [-0.15, -0.1) is 0 Å². The van der Waals surface area contributed by atoms with Crippen LogP contribution in [0.4, 0.5) is 0 Å². The van der Waals surface area contributed by atoms with Crippen molar-refractivity contribution in [2.45, 2.75) is 19.6 Å². The van der Waals surface area contributed by atoms with Gasteiger partial charge in [0.25, 0.3) is 0 Å². The molecule has 0 saturated carbocycles. The Morgan fingerprint density at radius 3 is 1.00 bits per heavy atom. The van der Waals surface area contributed by atoms with Crippen LogP contribution in [-0.4, -0.2) is 8.80 Å². The summed E-state index contributed by atoms with van der Waals surface area (Å²) < 4.78 is 0. The standard InChI is InChI=1S/C3H9Si.BrH/c1-4(2)3;/h1-3H3;1H/p-1. The van der Waals surface area contributed by atoms with Gasteiger partial charge >= 0.3 is 0 Å². The Labute approximate surface area is 46.0 Å². The zero-order chi connectivity index (χ0) is 3.58. The maximum absolute atomic E-state index is 2.27. The first kappa shape index (κ1) is 9.20. The molecule has 0 unspecified atom stereocenters. The van der Waals surface area contributed by atoms with Gasteiger partial charge in [-0.1, -0.05) is 19.6 Å². The Balaban J connectivity index is 0. The Hall–Kier alpha value is 0.697. The molecule has 0 aromatic rings. The predicted octanol–water partition coefficient (Wildman–Crippen LogP) is -1.63. The molecule has 0 aromatic heterocycles. The van der Waals surface area contributed by atoms with Crippen molar-refractivity contribution in [1.82, 2.24) is 0 Å². The van der Waals surface area contributed by atoms with Crippen molar-refractivity contribution < 1.29 is 17.0 Å². The van der Waals surface area contributed by atoms with Crippen molar-refractivity contribution in [1.29, 1.82) is 0 Å². The summed E-state index contributed by atoms with van der Waals surface area (Å²) in [6.45, 7) is 6.81. The molecular formula is C3H9BrSi-. The average molecular weight is 153 g/mol. The molecule has 0 rings (SSSR count). The van der Waals surface area contributed by atoms with Crippen molar-refractivity contribution in [2.75, 3.05) is 0 Å². The molecule has 2 heteroatoms. The molecule has 0 aliphatic rings. The predicted molar refractivity (Wildman–Crippen MR) is 23.3 cm³/mol.